The van der Waals surface area contributed by atoms with Gasteiger partial charge in [0.15, 0.2) is 0 Å². The van der Waals surface area contributed by atoms with Gasteiger partial charge in [0, 0.05) is 0 Å². The van der Waals surface area contributed by atoms with Crippen LogP contribution in [0.3, 0.4) is 0 Å². The van der Waals surface area contributed by atoms with Crippen molar-refractivity contribution < 1.29 is 53.9 Å². The fourth-order valence-electron chi connectivity index (χ4n) is 1.65. The molecule has 14 heteroatoms. The number of nitrogens with two attached hydrogens (primary N) is 1. The van der Waals surface area contributed by atoms with Crippen molar-refractivity contribution in [1.29, 1.82) is 0 Å². The summed E-state index contributed by atoms with van der Waals surface area (Å²) in [6.07, 6.45) is 3.62. The second-order valence-corrected chi connectivity index (χ2v) is 6.37. The highest BCUT2D eigenvalue weighted by Gasteiger charge is 2.24. The largest absolute Gasteiger partial charge is 0.481 e. The smallest absolute Gasteiger partial charge is 0.466 e. The van der Waals surface area contributed by atoms with Crippen molar-refractivity contribution in [2.45, 2.75) is 39.5 Å². The van der Waals surface area contributed by atoms with Crippen molar-refractivity contribution in [2.24, 2.45) is 17.6 Å². The van der Waals surface area contributed by atoms with Crippen LogP contribution >= 0.6 is 15.6 Å². The molecule has 11 N–H and O–H groups in total. The molecule has 0 bridgehead atoms. The van der Waals surface area contributed by atoms with E-state index in [0.29, 0.717) is 12.5 Å². The molecule has 0 atom stereocenters. The lowest BCUT2D eigenvalue weighted by Gasteiger charge is -2.24. The van der Waals surface area contributed by atoms with Crippen LogP contribution in [0.4, 0.5) is 0 Å². The Morgan fingerprint density at radius 2 is 1.17 bits per heavy atom. The number of hydrogen-bond donors (Lipinski definition) is 8. The standard InChI is InChI=1S/C8H15NO2.C2H6.2H3O4P.H2O/c9-5-6-1-3-7(4-2-6)8(10)11;1-2;2*1-5(2,3)4;/h6-7H,1-5,9H2,(H,10,11);1-2H3;2*(H3,1,2,3,4);1H2/t6-,7-;;;;. The SMILES string of the molecule is CC.NC[C@H]1CC[C@H](C(=O)O)CC1.O.O=P(O)(O)O.O=P(O)(O)O. The summed E-state index contributed by atoms with van der Waals surface area (Å²) in [5, 5.41) is 8.67. The van der Waals surface area contributed by atoms with Gasteiger partial charge in [-0.25, -0.2) is 9.13 Å². The predicted molar refractivity (Wildman–Crippen MR) is 85.6 cm³/mol. The fourth-order valence-corrected chi connectivity index (χ4v) is 1.65. The molecule has 0 aromatic carbocycles. The van der Waals surface area contributed by atoms with Gasteiger partial charge in [0.25, 0.3) is 0 Å². The molecule has 1 aliphatic rings. The molecule has 0 aliphatic heterocycles. The third-order valence-corrected chi connectivity index (χ3v) is 2.53. The molecule has 1 aliphatic carbocycles. The maximum Gasteiger partial charge on any atom is 0.466 e. The first-order valence-electron chi connectivity index (χ1n) is 6.73. The van der Waals surface area contributed by atoms with E-state index < -0.39 is 21.6 Å². The Morgan fingerprint density at radius 3 is 1.33 bits per heavy atom. The summed E-state index contributed by atoms with van der Waals surface area (Å²) in [7, 11) is -9.28. The zero-order valence-electron chi connectivity index (χ0n) is 13.5. The molecule has 12 nitrogen and oxygen atoms in total. The zero-order valence-corrected chi connectivity index (χ0v) is 15.3. The molecule has 0 heterocycles. The van der Waals surface area contributed by atoms with Crippen molar-refractivity contribution in [2.75, 3.05) is 6.54 Å². The van der Waals surface area contributed by atoms with Crippen LogP contribution in [-0.4, -0.2) is 52.5 Å². The maximum absolute atomic E-state index is 10.5. The summed E-state index contributed by atoms with van der Waals surface area (Å²) < 4.78 is 17.8. The quantitative estimate of drug-likeness (QED) is 0.265. The van der Waals surface area contributed by atoms with Gasteiger partial charge in [0.1, 0.15) is 0 Å². The molecule has 0 aromatic heterocycles. The van der Waals surface area contributed by atoms with E-state index in [-0.39, 0.29) is 11.4 Å². The van der Waals surface area contributed by atoms with E-state index in [1.807, 2.05) is 13.8 Å². The van der Waals surface area contributed by atoms with Gasteiger partial charge < -0.3 is 45.7 Å². The molecule has 0 saturated heterocycles. The van der Waals surface area contributed by atoms with Crippen molar-refractivity contribution in [3.63, 3.8) is 0 Å². The lowest BCUT2D eigenvalue weighted by molar-refractivity contribution is -0.143. The Hall–Kier alpha value is -0.390. The van der Waals surface area contributed by atoms with Gasteiger partial charge in [-0.1, -0.05) is 13.8 Å². The van der Waals surface area contributed by atoms with E-state index in [9.17, 15) is 4.79 Å². The highest BCUT2D eigenvalue weighted by atomic mass is 31.2. The second-order valence-electron chi connectivity index (χ2n) is 4.32. The van der Waals surface area contributed by atoms with Gasteiger partial charge in [-0.3, -0.25) is 4.79 Å². The molecule has 0 amide bonds. The average molecular weight is 401 g/mol. The van der Waals surface area contributed by atoms with Crippen LogP contribution in [0.2, 0.25) is 0 Å². The second kappa shape index (κ2) is 16.1. The van der Waals surface area contributed by atoms with Crippen molar-refractivity contribution >= 4 is 21.6 Å². The number of aliphatic carboxylic acids is 1. The molecule has 0 unspecified atom stereocenters. The van der Waals surface area contributed by atoms with Crippen molar-refractivity contribution in [1.82, 2.24) is 0 Å². The van der Waals surface area contributed by atoms with Crippen molar-refractivity contribution in [3.05, 3.63) is 0 Å². The van der Waals surface area contributed by atoms with E-state index in [2.05, 4.69) is 0 Å². The molecule has 0 radical (unpaired) electrons. The molecule has 0 aromatic rings. The minimum atomic E-state index is -4.64. The Bertz CT molecular complexity index is 350. The first-order valence-corrected chi connectivity index (χ1v) is 9.86. The number of carbonyl (C=O) groups is 1. The predicted octanol–water partition coefficient (Wildman–Crippen LogP) is -0.820. The monoisotopic (exact) mass is 401 g/mol. The van der Waals surface area contributed by atoms with Crippen LogP contribution < -0.4 is 5.73 Å². The summed E-state index contributed by atoms with van der Waals surface area (Å²) >= 11 is 0. The first-order chi connectivity index (χ1) is 10.2. The van der Waals surface area contributed by atoms with E-state index >= 15 is 0 Å². The molecule has 1 rings (SSSR count). The number of carboxylic acid groups (broad SMARTS) is 1. The minimum Gasteiger partial charge on any atom is -0.481 e. The molecule has 1 saturated carbocycles. The van der Waals surface area contributed by atoms with Crippen LogP contribution in [-0.2, 0) is 13.9 Å². The highest BCUT2D eigenvalue weighted by Crippen LogP contribution is 2.28. The van der Waals surface area contributed by atoms with Gasteiger partial charge in [-0.15, -0.1) is 0 Å². The van der Waals surface area contributed by atoms with E-state index in [1.54, 1.807) is 0 Å². The summed E-state index contributed by atoms with van der Waals surface area (Å²) in [6, 6.07) is 0. The molecular formula is C10H29NO11P2. The average Bonchev–Trinajstić information content (AvgIpc) is 2.37. The summed E-state index contributed by atoms with van der Waals surface area (Å²) in [4.78, 5) is 53.6. The number of rotatable bonds is 2. The number of phosphoric acid groups is 2. The fraction of sp³-hybridized carbons (Fsp3) is 0.900. The van der Waals surface area contributed by atoms with Crippen LogP contribution in [0.25, 0.3) is 0 Å². The zero-order chi connectivity index (χ0) is 19.3. The van der Waals surface area contributed by atoms with Crippen molar-refractivity contribution in [3.8, 4) is 0 Å². The lowest BCUT2D eigenvalue weighted by atomic mass is 9.82. The molecular weight excluding hydrogens is 372 g/mol. The van der Waals surface area contributed by atoms with Gasteiger partial charge >= 0.3 is 21.6 Å². The van der Waals surface area contributed by atoms with E-state index in [1.165, 1.54) is 0 Å². The molecule has 0 spiro atoms. The number of carboxylic acids is 1. The maximum atomic E-state index is 10.5. The molecule has 24 heavy (non-hydrogen) atoms. The molecule has 150 valence electrons. The van der Waals surface area contributed by atoms with Gasteiger partial charge in [-0.05, 0) is 38.1 Å². The summed E-state index contributed by atoms with van der Waals surface area (Å²) in [5.41, 5.74) is 5.48. The Morgan fingerprint density at radius 1 is 0.917 bits per heavy atom. The number of hydrogen-bond acceptors (Lipinski definition) is 4. The first kappa shape index (κ1) is 31.4. The van der Waals surface area contributed by atoms with E-state index in [0.717, 1.165) is 25.7 Å². The Kier molecular flexibility index (Phi) is 21.1. The van der Waals surface area contributed by atoms with Crippen LogP contribution in [0, 0.1) is 11.8 Å². The Labute approximate surface area is 140 Å². The van der Waals surface area contributed by atoms with Crippen LogP contribution in [0.15, 0.2) is 0 Å². The molecule has 1 fully saturated rings. The third-order valence-electron chi connectivity index (χ3n) is 2.53. The lowest BCUT2D eigenvalue weighted by Crippen LogP contribution is -2.25. The van der Waals surface area contributed by atoms with Gasteiger partial charge in [-0.2, -0.15) is 0 Å². The minimum absolute atomic E-state index is 0. The highest BCUT2D eigenvalue weighted by molar-refractivity contribution is 7.45. The normalized spacial score (nSPS) is 19.7. The van der Waals surface area contributed by atoms with Gasteiger partial charge in [0.05, 0.1) is 5.92 Å². The summed E-state index contributed by atoms with van der Waals surface area (Å²) in [6.45, 7) is 4.71. The van der Waals surface area contributed by atoms with E-state index in [4.69, 9.17) is 49.3 Å². The van der Waals surface area contributed by atoms with Crippen LogP contribution in [0.1, 0.15) is 39.5 Å². The third kappa shape index (κ3) is 37.7. The van der Waals surface area contributed by atoms with Crippen LogP contribution in [0.5, 0.6) is 0 Å². The summed E-state index contributed by atoms with van der Waals surface area (Å²) in [5.74, 6) is -0.163. The topological polar surface area (TPSA) is 250 Å². The Balaban J connectivity index is -0.000000131. The van der Waals surface area contributed by atoms with Gasteiger partial charge in [0.2, 0.25) is 0 Å².